The number of hydrogen-bond donors (Lipinski definition) is 1. The highest BCUT2D eigenvalue weighted by Gasteiger charge is 2.26. The third kappa shape index (κ3) is 3.21. The van der Waals surface area contributed by atoms with Crippen molar-refractivity contribution in [3.05, 3.63) is 0 Å². The lowest BCUT2D eigenvalue weighted by Crippen LogP contribution is -2.44. The van der Waals surface area contributed by atoms with Crippen LogP contribution in [0.15, 0.2) is 0 Å². The molecule has 0 radical (unpaired) electrons. The fourth-order valence-corrected chi connectivity index (χ4v) is 3.16. The minimum atomic E-state index is 0.632. The van der Waals surface area contributed by atoms with Crippen LogP contribution in [-0.2, 0) is 4.74 Å². The molecule has 1 aliphatic heterocycles. The van der Waals surface area contributed by atoms with E-state index in [-0.39, 0.29) is 0 Å². The average molecular weight is 225 g/mol. The highest BCUT2D eigenvalue weighted by molar-refractivity contribution is 4.83. The largest absolute Gasteiger partial charge is 0.381 e. The molecule has 2 aliphatic rings. The molecule has 0 aromatic carbocycles. The van der Waals surface area contributed by atoms with Crippen molar-refractivity contribution in [1.82, 2.24) is 5.32 Å². The van der Waals surface area contributed by atoms with E-state index in [0.717, 1.165) is 31.1 Å². The summed E-state index contributed by atoms with van der Waals surface area (Å²) in [6.45, 7) is 6.70. The van der Waals surface area contributed by atoms with Crippen LogP contribution < -0.4 is 5.32 Å². The second-order valence-corrected chi connectivity index (χ2v) is 5.80. The van der Waals surface area contributed by atoms with Crippen molar-refractivity contribution in [2.24, 2.45) is 11.8 Å². The normalized spacial score (nSPS) is 38.2. The molecule has 0 spiro atoms. The molecule has 1 saturated heterocycles. The molecule has 94 valence electrons. The van der Waals surface area contributed by atoms with E-state index in [9.17, 15) is 0 Å². The van der Waals surface area contributed by atoms with Gasteiger partial charge in [-0.2, -0.15) is 0 Å². The second kappa shape index (κ2) is 6.02. The molecule has 2 heteroatoms. The lowest BCUT2D eigenvalue weighted by molar-refractivity contribution is 0.173. The topological polar surface area (TPSA) is 21.3 Å². The minimum absolute atomic E-state index is 0.632. The standard InChI is InChI=1S/C14H27NO/c1-11-6-4-3-5-7-14(11)15-12(2)13-8-9-16-10-13/h11-15H,3-10H2,1-2H3. The fourth-order valence-electron chi connectivity index (χ4n) is 3.16. The van der Waals surface area contributed by atoms with Crippen LogP contribution in [0.3, 0.4) is 0 Å². The summed E-state index contributed by atoms with van der Waals surface area (Å²) in [6, 6.07) is 1.38. The third-order valence-corrected chi connectivity index (χ3v) is 4.51. The Bertz CT molecular complexity index is 201. The van der Waals surface area contributed by atoms with E-state index in [1.807, 2.05) is 0 Å². The van der Waals surface area contributed by atoms with E-state index in [2.05, 4.69) is 19.2 Å². The Morgan fingerprint density at radius 1 is 1.12 bits per heavy atom. The van der Waals surface area contributed by atoms with E-state index in [0.29, 0.717) is 6.04 Å². The molecular formula is C14H27NO. The van der Waals surface area contributed by atoms with Gasteiger partial charge in [-0.3, -0.25) is 0 Å². The SMILES string of the molecule is CC1CCCCCC1NC(C)C1CCOC1. The Balaban J connectivity index is 1.81. The molecular weight excluding hydrogens is 198 g/mol. The van der Waals surface area contributed by atoms with Crippen LogP contribution in [-0.4, -0.2) is 25.3 Å². The molecule has 1 aliphatic carbocycles. The maximum absolute atomic E-state index is 5.48. The molecule has 0 aromatic rings. The Morgan fingerprint density at radius 3 is 2.69 bits per heavy atom. The summed E-state index contributed by atoms with van der Waals surface area (Å²) in [5.74, 6) is 1.60. The molecule has 2 fully saturated rings. The van der Waals surface area contributed by atoms with Crippen molar-refractivity contribution in [3.8, 4) is 0 Å². The molecule has 1 saturated carbocycles. The first kappa shape index (κ1) is 12.4. The predicted molar refractivity (Wildman–Crippen MR) is 67.6 cm³/mol. The lowest BCUT2D eigenvalue weighted by atomic mass is 9.93. The second-order valence-electron chi connectivity index (χ2n) is 5.80. The van der Waals surface area contributed by atoms with E-state index >= 15 is 0 Å². The fraction of sp³-hybridized carbons (Fsp3) is 1.00. The van der Waals surface area contributed by atoms with Gasteiger partial charge >= 0.3 is 0 Å². The van der Waals surface area contributed by atoms with Gasteiger partial charge in [0.15, 0.2) is 0 Å². The van der Waals surface area contributed by atoms with Crippen molar-refractivity contribution in [1.29, 1.82) is 0 Å². The summed E-state index contributed by atoms with van der Waals surface area (Å²) in [5.41, 5.74) is 0. The monoisotopic (exact) mass is 225 g/mol. The summed E-state index contributed by atoms with van der Waals surface area (Å²) >= 11 is 0. The lowest BCUT2D eigenvalue weighted by Gasteiger charge is -2.29. The number of ether oxygens (including phenoxy) is 1. The Kier molecular flexibility index (Phi) is 4.66. The minimum Gasteiger partial charge on any atom is -0.381 e. The van der Waals surface area contributed by atoms with Crippen molar-refractivity contribution in [2.75, 3.05) is 13.2 Å². The van der Waals surface area contributed by atoms with Crippen LogP contribution in [0.4, 0.5) is 0 Å². The number of hydrogen-bond acceptors (Lipinski definition) is 2. The van der Waals surface area contributed by atoms with Gasteiger partial charge in [-0.1, -0.05) is 26.2 Å². The van der Waals surface area contributed by atoms with E-state index in [4.69, 9.17) is 4.74 Å². The highest BCUT2D eigenvalue weighted by Crippen LogP contribution is 2.25. The Morgan fingerprint density at radius 2 is 1.94 bits per heavy atom. The summed E-state index contributed by atoms with van der Waals surface area (Å²) in [4.78, 5) is 0. The summed E-state index contributed by atoms with van der Waals surface area (Å²) < 4.78 is 5.48. The molecule has 1 N–H and O–H groups in total. The van der Waals surface area contributed by atoms with Crippen LogP contribution >= 0.6 is 0 Å². The molecule has 0 amide bonds. The van der Waals surface area contributed by atoms with Crippen LogP contribution in [0.25, 0.3) is 0 Å². The Labute approximate surface area is 100 Å². The van der Waals surface area contributed by atoms with Crippen molar-refractivity contribution < 1.29 is 4.74 Å². The van der Waals surface area contributed by atoms with Gasteiger partial charge < -0.3 is 10.1 Å². The zero-order valence-electron chi connectivity index (χ0n) is 10.9. The van der Waals surface area contributed by atoms with Crippen LogP contribution in [0.5, 0.6) is 0 Å². The first-order chi connectivity index (χ1) is 7.77. The zero-order valence-corrected chi connectivity index (χ0v) is 10.9. The smallest absolute Gasteiger partial charge is 0.0509 e. The molecule has 4 atom stereocenters. The van der Waals surface area contributed by atoms with Crippen molar-refractivity contribution in [3.63, 3.8) is 0 Å². The van der Waals surface area contributed by atoms with E-state index in [1.54, 1.807) is 0 Å². The van der Waals surface area contributed by atoms with Gasteiger partial charge in [0.05, 0.1) is 6.61 Å². The molecule has 2 nitrogen and oxygen atoms in total. The maximum atomic E-state index is 5.48. The highest BCUT2D eigenvalue weighted by atomic mass is 16.5. The van der Waals surface area contributed by atoms with E-state index < -0.39 is 0 Å². The van der Waals surface area contributed by atoms with Gasteiger partial charge in [-0.05, 0) is 38.0 Å². The molecule has 0 aromatic heterocycles. The molecule has 4 unspecified atom stereocenters. The first-order valence-corrected chi connectivity index (χ1v) is 7.11. The van der Waals surface area contributed by atoms with Crippen molar-refractivity contribution in [2.45, 2.75) is 64.5 Å². The van der Waals surface area contributed by atoms with E-state index in [1.165, 1.54) is 38.5 Å². The van der Waals surface area contributed by atoms with Gasteiger partial charge in [0.1, 0.15) is 0 Å². The first-order valence-electron chi connectivity index (χ1n) is 7.11. The molecule has 2 rings (SSSR count). The van der Waals surface area contributed by atoms with Gasteiger partial charge in [0.2, 0.25) is 0 Å². The summed E-state index contributed by atoms with van der Waals surface area (Å²) in [7, 11) is 0. The zero-order chi connectivity index (χ0) is 11.4. The van der Waals surface area contributed by atoms with Crippen LogP contribution in [0.1, 0.15) is 52.4 Å². The Hall–Kier alpha value is -0.0800. The van der Waals surface area contributed by atoms with Crippen LogP contribution in [0.2, 0.25) is 0 Å². The van der Waals surface area contributed by atoms with Gasteiger partial charge in [-0.15, -0.1) is 0 Å². The summed E-state index contributed by atoms with van der Waals surface area (Å²) in [6.07, 6.45) is 8.31. The third-order valence-electron chi connectivity index (χ3n) is 4.51. The van der Waals surface area contributed by atoms with Crippen molar-refractivity contribution >= 4 is 0 Å². The maximum Gasteiger partial charge on any atom is 0.0509 e. The summed E-state index contributed by atoms with van der Waals surface area (Å²) in [5, 5.41) is 3.87. The molecule has 0 bridgehead atoms. The van der Waals surface area contributed by atoms with Gasteiger partial charge in [0, 0.05) is 18.7 Å². The predicted octanol–water partition coefficient (Wildman–Crippen LogP) is 2.97. The average Bonchev–Trinajstić information content (AvgIpc) is 2.73. The van der Waals surface area contributed by atoms with Crippen LogP contribution in [0, 0.1) is 11.8 Å². The quantitative estimate of drug-likeness (QED) is 0.746. The number of nitrogens with one attached hydrogen (secondary N) is 1. The van der Waals surface area contributed by atoms with Gasteiger partial charge in [0.25, 0.3) is 0 Å². The molecule has 1 heterocycles. The number of rotatable bonds is 3. The molecule has 16 heavy (non-hydrogen) atoms. The van der Waals surface area contributed by atoms with Gasteiger partial charge in [-0.25, -0.2) is 0 Å².